The number of nitrogens with one attached hydrogen (secondary N) is 3. The molecule has 0 saturated carbocycles. The van der Waals surface area contributed by atoms with Crippen LogP contribution in [0, 0.1) is 34.6 Å². The number of fused-ring (bicyclic) bond motifs is 2. The average Bonchev–Trinajstić information content (AvgIpc) is 4.19. The van der Waals surface area contributed by atoms with E-state index < -0.39 is 0 Å². The Morgan fingerprint density at radius 1 is 0.532 bits per heavy atom. The number of Topliss-reactive ketones (excluding diaryl/α,β-unsaturated/α-hetero) is 1. The standard InChI is InChI=1S/C23H22N4O2.C22H20N4O2.C16H20N4O2/c1-3-6-16-9-12-18(13-10-16)27-23(29)21(15(2)26-27)25-24-20-14-11-17-7-4-5-8-19(17)22(20)28;1-3-15-8-11-17(12-9-15)26-22(28)20(14(2)25-26)24-23-19-13-10-16-6-4-5-7-18(16)21(19)27;1-10-6-11(2)8-14(7-10)20-16(22)15(13(4)18-20)19(5)17-9-12(3)21/h4-5,7-14,26,28H,3,6H2,1-2H3;4-13,25,27H,3H2,1-2H3;6-8H,9H2,1-5H3/p+1. The number of aryl methyl sites for hydroxylation is 7. The Hall–Kier alpha value is -9.84. The number of benzene rings is 7. The second kappa shape index (κ2) is 24.4. The van der Waals surface area contributed by atoms with Crippen LogP contribution < -0.4 is 16.7 Å². The van der Waals surface area contributed by atoms with E-state index in [1.165, 1.54) is 36.8 Å². The van der Waals surface area contributed by atoms with Crippen molar-refractivity contribution in [3.63, 3.8) is 0 Å². The molecule has 0 bridgehead atoms. The van der Waals surface area contributed by atoms with Gasteiger partial charge in [-0.3, -0.25) is 34.5 Å². The molecule has 0 aliphatic carbocycles. The topological polar surface area (TPSA) is 236 Å². The minimum absolute atomic E-state index is 0.0466. The van der Waals surface area contributed by atoms with E-state index in [9.17, 15) is 29.4 Å². The van der Waals surface area contributed by atoms with E-state index in [0.717, 1.165) is 58.2 Å². The van der Waals surface area contributed by atoms with E-state index >= 15 is 0 Å². The van der Waals surface area contributed by atoms with E-state index in [1.54, 1.807) is 33.0 Å². The summed E-state index contributed by atoms with van der Waals surface area (Å²) in [5.74, 6) is 0.0482. The largest absolute Gasteiger partial charge is 0.505 e. The maximum Gasteiger partial charge on any atom is 0.346 e. The van der Waals surface area contributed by atoms with Gasteiger partial charge >= 0.3 is 11.2 Å². The molecule has 402 valence electrons. The number of aromatic nitrogens is 6. The average molecular weight is 1060 g/mol. The summed E-state index contributed by atoms with van der Waals surface area (Å²) in [6.07, 6.45) is 3.02. The number of azo groups is 4. The molecule has 0 saturated heterocycles. The Morgan fingerprint density at radius 2 is 0.975 bits per heavy atom. The minimum atomic E-state index is -0.286. The third kappa shape index (κ3) is 12.6. The van der Waals surface area contributed by atoms with Crippen LogP contribution in [0.1, 0.15) is 66.5 Å². The molecule has 79 heavy (non-hydrogen) atoms. The predicted molar refractivity (Wildman–Crippen MR) is 310 cm³/mol. The number of phenolic OH excluding ortho intramolecular Hbond substituents is 2. The fraction of sp³-hybridized carbons (Fsp3) is 0.213. The Bertz CT molecular complexity index is 4110. The van der Waals surface area contributed by atoms with Gasteiger partial charge in [-0.15, -0.1) is 20.5 Å². The zero-order valence-corrected chi connectivity index (χ0v) is 45.7. The van der Waals surface area contributed by atoms with Crippen molar-refractivity contribution >= 4 is 55.8 Å². The first-order valence-electron chi connectivity index (χ1n) is 25.8. The number of phenols is 2. The van der Waals surface area contributed by atoms with Gasteiger partial charge < -0.3 is 10.2 Å². The first-order chi connectivity index (χ1) is 38.0. The van der Waals surface area contributed by atoms with Crippen molar-refractivity contribution in [1.29, 1.82) is 0 Å². The highest BCUT2D eigenvalue weighted by Crippen LogP contribution is 2.37. The maximum absolute atomic E-state index is 12.8. The Kier molecular flexibility index (Phi) is 17.1. The van der Waals surface area contributed by atoms with Gasteiger partial charge in [-0.1, -0.05) is 116 Å². The molecule has 0 aliphatic heterocycles. The number of nitrogens with zero attached hydrogens (tertiary/aromatic N) is 9. The zero-order chi connectivity index (χ0) is 56.5. The molecule has 0 aliphatic rings. The monoisotopic (exact) mass is 1060 g/mol. The first kappa shape index (κ1) is 55.4. The van der Waals surface area contributed by atoms with E-state index in [1.807, 2.05) is 142 Å². The van der Waals surface area contributed by atoms with Gasteiger partial charge in [0.05, 0.1) is 28.5 Å². The molecule has 0 atom stereocenters. The molecule has 3 heterocycles. The summed E-state index contributed by atoms with van der Waals surface area (Å²) in [5, 5.41) is 53.9. The van der Waals surface area contributed by atoms with Crippen molar-refractivity contribution in [2.45, 2.75) is 74.7 Å². The molecule has 18 heteroatoms. The van der Waals surface area contributed by atoms with Gasteiger partial charge in [-0.2, -0.15) is 0 Å². The number of carbonyl (C=O) groups excluding carboxylic acids is 1. The molecule has 3 aromatic heterocycles. The van der Waals surface area contributed by atoms with Gasteiger partial charge in [0.25, 0.3) is 11.1 Å². The van der Waals surface area contributed by atoms with Crippen LogP contribution in [-0.4, -0.2) is 63.6 Å². The second-order valence-corrected chi connectivity index (χ2v) is 19.2. The minimum Gasteiger partial charge on any atom is -0.505 e. The molecule has 0 unspecified atom stereocenters. The highest BCUT2D eigenvalue weighted by atomic mass is 16.3. The number of H-pyrrole nitrogens is 3. The van der Waals surface area contributed by atoms with Crippen LogP contribution >= 0.6 is 0 Å². The van der Waals surface area contributed by atoms with Crippen LogP contribution in [0.15, 0.2) is 179 Å². The highest BCUT2D eigenvalue weighted by molar-refractivity contribution is 5.93. The van der Waals surface area contributed by atoms with Crippen molar-refractivity contribution in [2.75, 3.05) is 13.6 Å². The number of aromatic amines is 3. The van der Waals surface area contributed by atoms with Gasteiger partial charge in [0.15, 0.2) is 42.2 Å². The lowest BCUT2D eigenvalue weighted by atomic mass is 10.1. The van der Waals surface area contributed by atoms with Gasteiger partial charge in [0.2, 0.25) is 0 Å². The van der Waals surface area contributed by atoms with Crippen molar-refractivity contribution in [1.82, 2.24) is 29.3 Å². The van der Waals surface area contributed by atoms with Gasteiger partial charge in [0.1, 0.15) is 17.1 Å². The molecule has 18 nitrogen and oxygen atoms in total. The molecule has 0 radical (unpaired) electrons. The SMILES string of the molecule is CC(=O)CN=[N+](C)c1c(C)[nH]n(-c2cc(C)cc(C)c2)c1=O.CCCc1ccc(-n2[nH]c(C)c(N=Nc3ccc4ccccc4c3O)c2=O)cc1.CCc1ccc(-n2[nH]c(C)c(N=Nc3ccc4ccccc4c3O)c2=O)cc1. The summed E-state index contributed by atoms with van der Waals surface area (Å²) >= 11 is 0. The van der Waals surface area contributed by atoms with E-state index in [4.69, 9.17) is 0 Å². The third-order valence-electron chi connectivity index (χ3n) is 13.0. The number of hydrogen-bond acceptors (Lipinski definition) is 11. The van der Waals surface area contributed by atoms with Crippen LogP contribution in [0.25, 0.3) is 38.6 Å². The highest BCUT2D eigenvalue weighted by Gasteiger charge is 2.23. The van der Waals surface area contributed by atoms with E-state index in [0.29, 0.717) is 44.9 Å². The Balaban J connectivity index is 0.000000158. The summed E-state index contributed by atoms with van der Waals surface area (Å²) in [7, 11) is 1.67. The third-order valence-corrected chi connectivity index (χ3v) is 13.0. The number of hydrogen-bond donors (Lipinski definition) is 5. The molecule has 10 rings (SSSR count). The number of aromatic hydroxyl groups is 2. The molecular weight excluding hydrogens is 997 g/mol. The lowest BCUT2D eigenvalue weighted by molar-refractivity contribution is -0.483. The lowest BCUT2D eigenvalue weighted by Gasteiger charge is -2.04. The fourth-order valence-electron chi connectivity index (χ4n) is 8.97. The first-order valence-corrected chi connectivity index (χ1v) is 25.8. The molecule has 10 aromatic rings. The molecule has 5 N–H and O–H groups in total. The van der Waals surface area contributed by atoms with Gasteiger partial charge in [-0.05, 0) is 141 Å². The number of ketones is 1. The van der Waals surface area contributed by atoms with Crippen molar-refractivity contribution in [2.24, 2.45) is 25.6 Å². The molecule has 0 fully saturated rings. The van der Waals surface area contributed by atoms with Crippen molar-refractivity contribution in [3.05, 3.63) is 210 Å². The van der Waals surface area contributed by atoms with Crippen LogP contribution in [0.4, 0.5) is 28.4 Å². The van der Waals surface area contributed by atoms with E-state index in [2.05, 4.69) is 60.8 Å². The van der Waals surface area contributed by atoms with Crippen LogP contribution in [0.5, 0.6) is 11.5 Å². The smallest absolute Gasteiger partial charge is 0.346 e. The summed E-state index contributed by atoms with van der Waals surface area (Å²) in [4.78, 5) is 49.3. The quantitative estimate of drug-likeness (QED) is 0.0556. The zero-order valence-electron chi connectivity index (χ0n) is 45.7. The fourth-order valence-corrected chi connectivity index (χ4v) is 8.97. The molecule has 7 aromatic carbocycles. The summed E-state index contributed by atoms with van der Waals surface area (Å²) < 4.78 is 5.88. The summed E-state index contributed by atoms with van der Waals surface area (Å²) in [5.41, 5.74) is 9.56. The molecule has 0 amide bonds. The van der Waals surface area contributed by atoms with Crippen molar-refractivity contribution < 1.29 is 19.7 Å². The van der Waals surface area contributed by atoms with Crippen LogP contribution in [0.3, 0.4) is 0 Å². The normalized spacial score (nSPS) is 11.6. The number of rotatable bonds is 13. The van der Waals surface area contributed by atoms with E-state index in [-0.39, 0.29) is 51.9 Å². The Morgan fingerprint density at radius 3 is 1.43 bits per heavy atom. The van der Waals surface area contributed by atoms with Crippen molar-refractivity contribution in [3.8, 4) is 28.6 Å². The predicted octanol–water partition coefficient (Wildman–Crippen LogP) is 13.4. The Labute approximate surface area is 455 Å². The lowest BCUT2D eigenvalue weighted by Crippen LogP contribution is -2.18. The summed E-state index contributed by atoms with van der Waals surface area (Å²) in [6.45, 7) is 15.1. The van der Waals surface area contributed by atoms with Crippen LogP contribution in [0.2, 0.25) is 0 Å². The molecule has 0 spiro atoms. The number of carbonyl (C=O) groups is 1. The molecular formula is C61H63N12O6+. The summed E-state index contributed by atoms with van der Waals surface area (Å²) in [6, 6.07) is 43.7. The second-order valence-electron chi connectivity index (χ2n) is 19.2. The van der Waals surface area contributed by atoms with Gasteiger partial charge in [-0.25, -0.2) is 14.0 Å². The van der Waals surface area contributed by atoms with Gasteiger partial charge in [0, 0.05) is 10.8 Å². The van der Waals surface area contributed by atoms with Crippen LogP contribution in [-0.2, 0) is 17.6 Å². The maximum atomic E-state index is 12.8.